The van der Waals surface area contributed by atoms with Gasteiger partial charge in [-0.2, -0.15) is 0 Å². The second kappa shape index (κ2) is 38.9. The van der Waals surface area contributed by atoms with E-state index in [0.717, 1.165) is 25.7 Å². The summed E-state index contributed by atoms with van der Waals surface area (Å²) in [5.41, 5.74) is 0. The van der Waals surface area contributed by atoms with Gasteiger partial charge in [-0.15, -0.1) is 0 Å². The van der Waals surface area contributed by atoms with Crippen LogP contribution in [0.5, 0.6) is 0 Å². The number of hydrogen-bond donors (Lipinski definition) is 1. The smallest absolute Gasteiger partial charge is 0.306 e. The van der Waals surface area contributed by atoms with Crippen LogP contribution >= 0.6 is 7.82 Å². The Labute approximate surface area is 344 Å². The number of esters is 1. The Hall–Kier alpha value is -1.58. The van der Waals surface area contributed by atoms with Gasteiger partial charge in [-0.05, 0) is 44.9 Å². The summed E-state index contributed by atoms with van der Waals surface area (Å²) in [4.78, 5) is 25.0. The number of unbranched alkanes of at least 4 members (excludes halogenated alkanes) is 19. The lowest BCUT2D eigenvalue weighted by atomic mass is 10.0. The van der Waals surface area contributed by atoms with E-state index in [2.05, 4.69) is 32.1 Å². The molecule has 0 radical (unpaired) electrons. The van der Waals surface area contributed by atoms with Gasteiger partial charge >= 0.3 is 5.97 Å². The van der Waals surface area contributed by atoms with Gasteiger partial charge in [0.15, 0.2) is 0 Å². The molecule has 3 atom stereocenters. The molecule has 0 aliphatic heterocycles. The second-order valence-electron chi connectivity index (χ2n) is 16.3. The van der Waals surface area contributed by atoms with Crippen LogP contribution in [0.15, 0.2) is 48.6 Å². The predicted molar refractivity (Wildman–Crippen MR) is 232 cm³/mol. The molecule has 0 aliphatic rings. The number of carbonyl (C=O) groups is 1. The summed E-state index contributed by atoms with van der Waals surface area (Å²) in [7, 11) is 1.27. The first-order valence-electron chi connectivity index (χ1n) is 22.5. The number of aliphatic hydroxyl groups is 1. The maximum Gasteiger partial charge on any atom is 0.306 e. The lowest BCUT2D eigenvalue weighted by molar-refractivity contribution is -0.870. The van der Waals surface area contributed by atoms with Crippen LogP contribution in [0.4, 0.5) is 0 Å². The number of phosphoric acid groups is 1. The van der Waals surface area contributed by atoms with Crippen molar-refractivity contribution >= 4 is 13.8 Å². The lowest BCUT2D eigenvalue weighted by Gasteiger charge is -2.28. The van der Waals surface area contributed by atoms with Crippen LogP contribution in [0.25, 0.3) is 0 Å². The number of phosphoric ester groups is 1. The predicted octanol–water partition coefficient (Wildman–Crippen LogP) is 11.5. The first kappa shape index (κ1) is 54.4. The standard InChI is InChI=1S/C46H86NO8P/c1-6-8-10-12-14-16-18-19-20-21-22-23-25-27-31-35-40-52-42-45(43-54-56(50,51)53-41-39-47(3,4)5)55-46(49)38-34-30-29-33-37-44(48)36-32-28-26-24-17-15-13-11-9-7-2/h15,17,26,28-29,32-33,36,44-45,48H,6-14,16,18-25,27,30-31,34-35,37-43H2,1-5H3/b17-15-,28-26-,33-29-,36-32-. The fourth-order valence-corrected chi connectivity index (χ4v) is 6.65. The van der Waals surface area contributed by atoms with Crippen LogP contribution in [0.3, 0.4) is 0 Å². The number of allylic oxidation sites excluding steroid dienone is 6. The molecule has 0 bridgehead atoms. The molecule has 0 aliphatic carbocycles. The van der Waals surface area contributed by atoms with E-state index < -0.39 is 26.0 Å². The molecule has 0 spiro atoms. The SMILES string of the molecule is CCCCC/C=C\C/C=C\C=C/C(O)C/C=C\CCCC(=O)OC(COCCCCCCCCCCCCCCCCCC)COP(=O)([O-])OCC[N+](C)(C)C. The van der Waals surface area contributed by atoms with E-state index in [9.17, 15) is 19.4 Å². The fourth-order valence-electron chi connectivity index (χ4n) is 5.92. The lowest BCUT2D eigenvalue weighted by Crippen LogP contribution is -2.37. The Bertz CT molecular complexity index is 1050. The third-order valence-electron chi connectivity index (χ3n) is 9.46. The van der Waals surface area contributed by atoms with Crippen LogP contribution in [0.2, 0.25) is 0 Å². The van der Waals surface area contributed by atoms with Gasteiger partial charge in [-0.1, -0.05) is 172 Å². The Morgan fingerprint density at radius 2 is 1.21 bits per heavy atom. The summed E-state index contributed by atoms with van der Waals surface area (Å²) >= 11 is 0. The van der Waals surface area contributed by atoms with Gasteiger partial charge in [0, 0.05) is 13.0 Å². The minimum absolute atomic E-state index is 0.000504. The van der Waals surface area contributed by atoms with E-state index in [1.165, 1.54) is 109 Å². The topological polar surface area (TPSA) is 114 Å². The molecule has 10 heteroatoms. The maximum absolute atomic E-state index is 12.7. The van der Waals surface area contributed by atoms with Crippen LogP contribution in [-0.4, -0.2) is 81.9 Å². The number of likely N-dealkylation sites (N-methyl/N-ethyl adjacent to an activating group) is 1. The largest absolute Gasteiger partial charge is 0.756 e. The molecule has 328 valence electrons. The monoisotopic (exact) mass is 812 g/mol. The number of hydrogen-bond acceptors (Lipinski definition) is 8. The average molecular weight is 812 g/mol. The van der Waals surface area contributed by atoms with Crippen molar-refractivity contribution in [3.05, 3.63) is 48.6 Å². The minimum Gasteiger partial charge on any atom is -0.756 e. The minimum atomic E-state index is -4.56. The number of ether oxygens (including phenoxy) is 2. The second-order valence-corrected chi connectivity index (χ2v) is 17.7. The third-order valence-corrected chi connectivity index (χ3v) is 10.4. The first-order chi connectivity index (χ1) is 27.0. The van der Waals surface area contributed by atoms with Gasteiger partial charge in [-0.25, -0.2) is 0 Å². The first-order valence-corrected chi connectivity index (χ1v) is 23.9. The molecule has 0 saturated carbocycles. The average Bonchev–Trinajstić information content (AvgIpc) is 3.14. The van der Waals surface area contributed by atoms with Gasteiger partial charge in [0.05, 0.1) is 40.5 Å². The molecule has 0 fully saturated rings. The highest BCUT2D eigenvalue weighted by molar-refractivity contribution is 7.45. The van der Waals surface area contributed by atoms with Crippen LogP contribution in [0.1, 0.15) is 174 Å². The molecule has 0 aromatic carbocycles. The maximum atomic E-state index is 12.7. The molecule has 0 heterocycles. The molecule has 1 N–H and O–H groups in total. The van der Waals surface area contributed by atoms with E-state index in [1.54, 1.807) is 6.08 Å². The number of aliphatic hydroxyl groups excluding tert-OH is 1. The normalized spacial score (nSPS) is 14.8. The van der Waals surface area contributed by atoms with Crippen molar-refractivity contribution in [1.82, 2.24) is 0 Å². The van der Waals surface area contributed by atoms with Gasteiger partial charge in [-0.3, -0.25) is 9.36 Å². The number of quaternary nitrogens is 1. The summed E-state index contributed by atoms with van der Waals surface area (Å²) in [5.74, 6) is -0.435. The number of rotatable bonds is 41. The van der Waals surface area contributed by atoms with Gasteiger partial charge < -0.3 is 33.0 Å². The fraction of sp³-hybridized carbons (Fsp3) is 0.804. The highest BCUT2D eigenvalue weighted by Crippen LogP contribution is 2.38. The third kappa shape index (κ3) is 42.0. The van der Waals surface area contributed by atoms with Gasteiger partial charge in [0.25, 0.3) is 7.82 Å². The number of nitrogens with zero attached hydrogens (tertiary/aromatic N) is 1. The van der Waals surface area contributed by atoms with E-state index in [1.807, 2.05) is 45.4 Å². The Kier molecular flexibility index (Phi) is 37.8. The van der Waals surface area contributed by atoms with Crippen LogP contribution < -0.4 is 4.89 Å². The molecule has 56 heavy (non-hydrogen) atoms. The summed E-state index contributed by atoms with van der Waals surface area (Å²) < 4.78 is 34.5. The zero-order valence-electron chi connectivity index (χ0n) is 36.7. The van der Waals surface area contributed by atoms with Crippen LogP contribution in [-0.2, 0) is 27.9 Å². The zero-order valence-corrected chi connectivity index (χ0v) is 37.6. The van der Waals surface area contributed by atoms with E-state index in [-0.39, 0.29) is 26.2 Å². The highest BCUT2D eigenvalue weighted by atomic mass is 31.2. The summed E-state index contributed by atoms with van der Waals surface area (Å²) in [5, 5.41) is 10.2. The zero-order chi connectivity index (χ0) is 41.4. The summed E-state index contributed by atoms with van der Waals surface area (Å²) in [6.07, 6.45) is 42.9. The Morgan fingerprint density at radius 1 is 0.661 bits per heavy atom. The highest BCUT2D eigenvalue weighted by Gasteiger charge is 2.20. The quantitative estimate of drug-likeness (QED) is 0.0162. The molecule has 0 rings (SSSR count). The van der Waals surface area contributed by atoms with Crippen molar-refractivity contribution in [2.45, 2.75) is 187 Å². The van der Waals surface area contributed by atoms with E-state index >= 15 is 0 Å². The molecule has 3 unspecified atom stereocenters. The molecule has 0 saturated heterocycles. The van der Waals surface area contributed by atoms with Crippen molar-refractivity contribution < 1.29 is 42.4 Å². The summed E-state index contributed by atoms with van der Waals surface area (Å²) in [6, 6.07) is 0. The van der Waals surface area contributed by atoms with Gasteiger partial charge in [0.2, 0.25) is 0 Å². The van der Waals surface area contributed by atoms with Crippen molar-refractivity contribution in [1.29, 1.82) is 0 Å². The van der Waals surface area contributed by atoms with Crippen LogP contribution in [0, 0.1) is 0 Å². The molecule has 9 nitrogen and oxygen atoms in total. The molecular weight excluding hydrogens is 725 g/mol. The van der Waals surface area contributed by atoms with Gasteiger partial charge in [0.1, 0.15) is 19.3 Å². The molecule has 0 aromatic rings. The van der Waals surface area contributed by atoms with E-state index in [4.69, 9.17) is 18.5 Å². The summed E-state index contributed by atoms with van der Waals surface area (Å²) in [6.45, 7) is 5.19. The Morgan fingerprint density at radius 3 is 1.82 bits per heavy atom. The Balaban J connectivity index is 4.40. The van der Waals surface area contributed by atoms with Crippen molar-refractivity contribution in [2.75, 3.05) is 54.1 Å². The molecular formula is C46H86NO8P. The van der Waals surface area contributed by atoms with E-state index in [0.29, 0.717) is 36.9 Å². The van der Waals surface area contributed by atoms with Crippen molar-refractivity contribution in [3.63, 3.8) is 0 Å². The van der Waals surface area contributed by atoms with Crippen molar-refractivity contribution in [2.24, 2.45) is 0 Å². The molecule has 0 aromatic heterocycles. The molecule has 0 amide bonds. The number of carbonyl (C=O) groups excluding carboxylic acids is 1. The van der Waals surface area contributed by atoms with Crippen molar-refractivity contribution in [3.8, 4) is 0 Å².